The van der Waals surface area contributed by atoms with E-state index in [1.165, 1.54) is 24.0 Å². The third-order valence-corrected chi connectivity index (χ3v) is 5.35. The molecule has 2 fully saturated rings. The highest BCUT2D eigenvalue weighted by Crippen LogP contribution is 2.49. The maximum Gasteiger partial charge on any atom is 0.193 e. The molecular weight excluding hydrogens is 425 g/mol. The number of aryl methyl sites for hydroxylation is 1. The predicted octanol–water partition coefficient (Wildman–Crippen LogP) is 3.58. The lowest BCUT2D eigenvalue weighted by Gasteiger charge is -2.25. The summed E-state index contributed by atoms with van der Waals surface area (Å²) < 4.78 is 5.51. The van der Waals surface area contributed by atoms with Gasteiger partial charge in [-0.25, -0.2) is 0 Å². The molecule has 0 bridgehead atoms. The molecule has 5 heteroatoms. The van der Waals surface area contributed by atoms with E-state index in [4.69, 9.17) is 9.73 Å². The van der Waals surface area contributed by atoms with Gasteiger partial charge in [0.2, 0.25) is 0 Å². The minimum absolute atomic E-state index is 0. The van der Waals surface area contributed by atoms with Crippen molar-refractivity contribution in [3.05, 3.63) is 35.4 Å². The second-order valence-corrected chi connectivity index (χ2v) is 7.38. The van der Waals surface area contributed by atoms with Crippen LogP contribution in [0.3, 0.4) is 0 Å². The van der Waals surface area contributed by atoms with E-state index >= 15 is 0 Å². The summed E-state index contributed by atoms with van der Waals surface area (Å²) in [5.41, 5.74) is 3.15. The Hall–Kier alpha value is -0.820. The standard InChI is InChI=1S/C20H31N3O.HI/c1-4-21-19(23(3)13-17-9-12-24-14-17)22-15-20(10-11-20)18-8-6-5-7-16(18)2;/h5-8,17H,4,9-15H2,1-3H3,(H,21,22);1H. The molecule has 1 aromatic carbocycles. The largest absolute Gasteiger partial charge is 0.381 e. The minimum atomic E-state index is 0. The lowest BCUT2D eigenvalue weighted by Crippen LogP contribution is -2.42. The summed E-state index contributed by atoms with van der Waals surface area (Å²) in [6.45, 7) is 8.95. The molecule has 1 saturated carbocycles. The summed E-state index contributed by atoms with van der Waals surface area (Å²) in [6, 6.07) is 8.78. The molecule has 2 aliphatic rings. The molecule has 4 nitrogen and oxygen atoms in total. The van der Waals surface area contributed by atoms with Crippen molar-refractivity contribution in [1.29, 1.82) is 0 Å². The van der Waals surface area contributed by atoms with E-state index in [0.29, 0.717) is 5.92 Å². The second-order valence-electron chi connectivity index (χ2n) is 7.38. The van der Waals surface area contributed by atoms with Gasteiger partial charge in [-0.15, -0.1) is 24.0 Å². The van der Waals surface area contributed by atoms with Crippen molar-refractivity contribution >= 4 is 29.9 Å². The molecule has 0 amide bonds. The molecule has 1 aliphatic heterocycles. The number of benzene rings is 1. The monoisotopic (exact) mass is 457 g/mol. The van der Waals surface area contributed by atoms with Gasteiger partial charge in [-0.3, -0.25) is 4.99 Å². The smallest absolute Gasteiger partial charge is 0.193 e. The summed E-state index contributed by atoms with van der Waals surface area (Å²) >= 11 is 0. The van der Waals surface area contributed by atoms with Crippen LogP contribution >= 0.6 is 24.0 Å². The number of aliphatic imine (C=N–C) groups is 1. The normalized spacial score (nSPS) is 21.6. The Labute approximate surface area is 169 Å². The maximum atomic E-state index is 5.51. The highest BCUT2D eigenvalue weighted by Gasteiger charge is 2.45. The molecule has 1 aliphatic carbocycles. The van der Waals surface area contributed by atoms with Crippen LogP contribution in [0.15, 0.2) is 29.3 Å². The number of ether oxygens (including phenoxy) is 1. The highest BCUT2D eigenvalue weighted by atomic mass is 127. The molecule has 0 radical (unpaired) electrons. The van der Waals surface area contributed by atoms with Crippen molar-refractivity contribution in [1.82, 2.24) is 10.2 Å². The lowest BCUT2D eigenvalue weighted by molar-refractivity contribution is 0.181. The Morgan fingerprint density at radius 3 is 2.72 bits per heavy atom. The first kappa shape index (κ1) is 20.5. The first-order valence-corrected chi connectivity index (χ1v) is 9.28. The molecule has 1 saturated heterocycles. The van der Waals surface area contributed by atoms with Gasteiger partial charge in [0, 0.05) is 38.1 Å². The van der Waals surface area contributed by atoms with Gasteiger partial charge in [0.15, 0.2) is 5.96 Å². The first-order valence-electron chi connectivity index (χ1n) is 9.28. The number of hydrogen-bond acceptors (Lipinski definition) is 2. The van der Waals surface area contributed by atoms with Crippen molar-refractivity contribution in [2.24, 2.45) is 10.9 Å². The average molecular weight is 457 g/mol. The summed E-state index contributed by atoms with van der Waals surface area (Å²) in [6.07, 6.45) is 3.67. The summed E-state index contributed by atoms with van der Waals surface area (Å²) in [7, 11) is 2.15. The molecule has 0 aromatic heterocycles. The number of nitrogens with zero attached hydrogens (tertiary/aromatic N) is 2. The second kappa shape index (κ2) is 9.21. The number of guanidine groups is 1. The van der Waals surface area contributed by atoms with Gasteiger partial charge in [0.25, 0.3) is 0 Å². The van der Waals surface area contributed by atoms with Gasteiger partial charge in [0.1, 0.15) is 0 Å². The van der Waals surface area contributed by atoms with Crippen LogP contribution in [-0.4, -0.2) is 50.8 Å². The van der Waals surface area contributed by atoms with E-state index in [1.807, 2.05) is 0 Å². The molecule has 1 atom stereocenters. The van der Waals surface area contributed by atoms with E-state index in [0.717, 1.165) is 45.2 Å². The van der Waals surface area contributed by atoms with Crippen LogP contribution in [0.1, 0.15) is 37.3 Å². The molecule has 0 spiro atoms. The number of hydrogen-bond donors (Lipinski definition) is 1. The van der Waals surface area contributed by atoms with Gasteiger partial charge >= 0.3 is 0 Å². The minimum Gasteiger partial charge on any atom is -0.381 e. The molecule has 25 heavy (non-hydrogen) atoms. The van der Waals surface area contributed by atoms with E-state index in [2.05, 4.69) is 55.4 Å². The van der Waals surface area contributed by atoms with Crippen molar-refractivity contribution in [3.63, 3.8) is 0 Å². The van der Waals surface area contributed by atoms with E-state index in [9.17, 15) is 0 Å². The Morgan fingerprint density at radius 2 is 2.12 bits per heavy atom. The van der Waals surface area contributed by atoms with Gasteiger partial charge in [0.05, 0.1) is 13.2 Å². The lowest BCUT2D eigenvalue weighted by atomic mass is 9.92. The van der Waals surface area contributed by atoms with E-state index in [-0.39, 0.29) is 29.4 Å². The fraction of sp³-hybridized carbons (Fsp3) is 0.650. The van der Waals surface area contributed by atoms with Crippen LogP contribution in [0.25, 0.3) is 0 Å². The molecular formula is C20H32IN3O. The van der Waals surface area contributed by atoms with Crippen molar-refractivity contribution in [2.75, 3.05) is 39.9 Å². The molecule has 1 N–H and O–H groups in total. The Kier molecular flexibility index (Phi) is 7.55. The van der Waals surface area contributed by atoms with Crippen LogP contribution in [0.5, 0.6) is 0 Å². The van der Waals surface area contributed by atoms with Gasteiger partial charge in [-0.05, 0) is 44.2 Å². The molecule has 1 unspecified atom stereocenters. The molecule has 1 aromatic rings. The van der Waals surface area contributed by atoms with Crippen molar-refractivity contribution < 1.29 is 4.74 Å². The topological polar surface area (TPSA) is 36.9 Å². The SMILES string of the molecule is CCNC(=NCC1(c2ccccc2C)CC1)N(C)CC1CCOC1.I. The maximum absolute atomic E-state index is 5.51. The van der Waals surface area contributed by atoms with Crippen molar-refractivity contribution in [2.45, 2.75) is 38.5 Å². The zero-order valence-corrected chi connectivity index (χ0v) is 18.1. The van der Waals surface area contributed by atoms with E-state index < -0.39 is 0 Å². The quantitative estimate of drug-likeness (QED) is 0.403. The van der Waals surface area contributed by atoms with Crippen molar-refractivity contribution in [3.8, 4) is 0 Å². The van der Waals surface area contributed by atoms with Crippen LogP contribution in [-0.2, 0) is 10.2 Å². The first-order chi connectivity index (χ1) is 11.6. The van der Waals surface area contributed by atoms with E-state index in [1.54, 1.807) is 0 Å². The average Bonchev–Trinajstić information content (AvgIpc) is 3.19. The van der Waals surface area contributed by atoms with Crippen LogP contribution < -0.4 is 5.32 Å². The Morgan fingerprint density at radius 1 is 1.36 bits per heavy atom. The highest BCUT2D eigenvalue weighted by molar-refractivity contribution is 14.0. The summed E-state index contributed by atoms with van der Waals surface area (Å²) in [5, 5.41) is 3.46. The Bertz CT molecular complexity index is 580. The molecule has 140 valence electrons. The summed E-state index contributed by atoms with van der Waals surface area (Å²) in [4.78, 5) is 7.27. The summed E-state index contributed by atoms with van der Waals surface area (Å²) in [5.74, 6) is 1.66. The van der Waals surface area contributed by atoms with Crippen LogP contribution in [0.4, 0.5) is 0 Å². The Balaban J connectivity index is 0.00000225. The fourth-order valence-corrected chi connectivity index (χ4v) is 3.73. The molecule has 1 heterocycles. The number of nitrogens with one attached hydrogen (secondary N) is 1. The predicted molar refractivity (Wildman–Crippen MR) is 115 cm³/mol. The zero-order valence-electron chi connectivity index (χ0n) is 15.8. The fourth-order valence-electron chi connectivity index (χ4n) is 3.73. The number of halogens is 1. The van der Waals surface area contributed by atoms with Crippen LogP contribution in [0.2, 0.25) is 0 Å². The third-order valence-electron chi connectivity index (χ3n) is 5.35. The van der Waals surface area contributed by atoms with Crippen LogP contribution in [0, 0.1) is 12.8 Å². The van der Waals surface area contributed by atoms with Gasteiger partial charge < -0.3 is 15.0 Å². The van der Waals surface area contributed by atoms with Gasteiger partial charge in [-0.1, -0.05) is 24.3 Å². The third kappa shape index (κ3) is 5.09. The van der Waals surface area contributed by atoms with Gasteiger partial charge in [-0.2, -0.15) is 0 Å². The number of rotatable bonds is 6. The zero-order chi connectivity index (χ0) is 17.0. The molecule has 3 rings (SSSR count).